The Morgan fingerprint density at radius 2 is 1.44 bits per heavy atom. The van der Waals surface area contributed by atoms with Crippen molar-refractivity contribution < 1.29 is 19.1 Å². The summed E-state index contributed by atoms with van der Waals surface area (Å²) in [5.74, 6) is 1.32. The molecule has 0 aromatic heterocycles. The number of rotatable bonds is 10. The molecule has 3 aliphatic carbocycles. The van der Waals surface area contributed by atoms with Crippen LogP contribution >= 0.6 is 0 Å². The minimum atomic E-state index is 0.140. The first-order valence-corrected chi connectivity index (χ1v) is 13.8. The number of nitrogens with one attached hydrogen (secondary N) is 2. The van der Waals surface area contributed by atoms with Gasteiger partial charge in [-0.1, -0.05) is 13.8 Å². The zero-order chi connectivity index (χ0) is 24.0. The number of amides is 4. The third-order valence-electron chi connectivity index (χ3n) is 7.97. The lowest BCUT2D eigenvalue weighted by atomic mass is 10.0. The van der Waals surface area contributed by atoms with E-state index in [1.165, 1.54) is 32.1 Å². The number of carbonyl (C=O) groups excluding carboxylic acids is 2. The lowest BCUT2D eigenvalue weighted by molar-refractivity contribution is 0.0663. The first-order valence-electron chi connectivity index (χ1n) is 13.8. The zero-order valence-electron chi connectivity index (χ0n) is 21.4. The van der Waals surface area contributed by atoms with Gasteiger partial charge in [-0.25, -0.2) is 9.59 Å². The highest BCUT2D eigenvalue weighted by molar-refractivity contribution is 5.75. The van der Waals surface area contributed by atoms with E-state index in [2.05, 4.69) is 24.5 Å². The van der Waals surface area contributed by atoms with Crippen molar-refractivity contribution >= 4 is 12.1 Å². The lowest BCUT2D eigenvalue weighted by Gasteiger charge is -2.26. The predicted molar refractivity (Wildman–Crippen MR) is 132 cm³/mol. The van der Waals surface area contributed by atoms with E-state index in [-0.39, 0.29) is 12.1 Å². The second-order valence-corrected chi connectivity index (χ2v) is 11.0. The molecule has 2 atom stereocenters. The Bertz CT molecular complexity index is 678. The summed E-state index contributed by atoms with van der Waals surface area (Å²) in [4.78, 5) is 28.2. The van der Waals surface area contributed by atoms with Crippen LogP contribution in [0.1, 0.15) is 71.6 Å². The van der Waals surface area contributed by atoms with Crippen molar-refractivity contribution in [3.8, 4) is 0 Å². The number of ether oxygens (including phenoxy) is 2. The van der Waals surface area contributed by atoms with Crippen LogP contribution in [0, 0.1) is 17.3 Å². The molecule has 0 aromatic rings. The molecule has 2 N–H and O–H groups in total. The third-order valence-corrected chi connectivity index (χ3v) is 7.97. The summed E-state index contributed by atoms with van der Waals surface area (Å²) in [7, 11) is 0. The average Bonchev–Trinajstić information content (AvgIpc) is 3.76. The molecule has 5 aliphatic rings. The standard InChI is InChI=1S/C13H22N2O2.C13H24N2O2/c1-2-5-15(11-3-4-11)12(16)14-8-13-6-10(13)7-17-9-13;1-2-7-15(12-3-4-12)13(16)14-10-11-5-8-17-9-6-11/h10-11H,2-9H2,1H3,(H,14,16);11-12H,2-10H2,1H3,(H,14,16). The van der Waals surface area contributed by atoms with E-state index < -0.39 is 0 Å². The molecule has 0 bridgehead atoms. The van der Waals surface area contributed by atoms with Crippen LogP contribution in [0.25, 0.3) is 0 Å². The fraction of sp³-hybridized carbons (Fsp3) is 0.923. The topological polar surface area (TPSA) is 83.1 Å². The summed E-state index contributed by atoms with van der Waals surface area (Å²) in [5, 5.41) is 6.21. The highest BCUT2D eigenvalue weighted by Crippen LogP contribution is 2.56. The van der Waals surface area contributed by atoms with Crippen LogP contribution in [0.15, 0.2) is 0 Å². The van der Waals surface area contributed by atoms with Crippen LogP contribution in [-0.4, -0.2) is 86.6 Å². The molecule has 3 saturated carbocycles. The van der Waals surface area contributed by atoms with Crippen molar-refractivity contribution in [1.82, 2.24) is 20.4 Å². The summed E-state index contributed by atoms with van der Waals surface area (Å²) < 4.78 is 10.8. The first-order chi connectivity index (χ1) is 16.6. The molecule has 4 amide bonds. The molecular formula is C26H46N4O4. The SMILES string of the molecule is CCCN(C(=O)NCC12COCC1C2)C1CC1.CCCN(C(=O)NCC1CCOCC1)C1CC1. The number of nitrogens with zero attached hydrogens (tertiary/aromatic N) is 2. The minimum absolute atomic E-state index is 0.140. The van der Waals surface area contributed by atoms with Crippen LogP contribution in [0.2, 0.25) is 0 Å². The van der Waals surface area contributed by atoms with Crippen molar-refractivity contribution in [1.29, 1.82) is 0 Å². The third kappa shape index (κ3) is 7.00. The molecule has 5 fully saturated rings. The summed E-state index contributed by atoms with van der Waals surface area (Å²) in [5.41, 5.74) is 0.303. The van der Waals surface area contributed by atoms with E-state index in [4.69, 9.17) is 9.47 Å². The summed E-state index contributed by atoms with van der Waals surface area (Å²) >= 11 is 0. The average molecular weight is 479 g/mol. The second kappa shape index (κ2) is 11.9. The fourth-order valence-electron chi connectivity index (χ4n) is 5.31. The van der Waals surface area contributed by atoms with Gasteiger partial charge in [0.05, 0.1) is 13.2 Å². The molecule has 0 radical (unpaired) electrons. The summed E-state index contributed by atoms with van der Waals surface area (Å²) in [6.45, 7) is 11.1. The number of carbonyl (C=O) groups is 2. The number of hydrogen-bond donors (Lipinski definition) is 2. The Kier molecular flexibility index (Phi) is 8.97. The fourth-order valence-corrected chi connectivity index (χ4v) is 5.31. The quantitative estimate of drug-likeness (QED) is 0.503. The molecule has 8 heteroatoms. The zero-order valence-corrected chi connectivity index (χ0v) is 21.4. The molecule has 2 heterocycles. The second-order valence-electron chi connectivity index (χ2n) is 11.0. The maximum absolute atomic E-state index is 12.1. The van der Waals surface area contributed by atoms with E-state index in [1.807, 2.05) is 9.80 Å². The van der Waals surface area contributed by atoms with Gasteiger partial charge < -0.3 is 29.9 Å². The van der Waals surface area contributed by atoms with Crippen LogP contribution < -0.4 is 10.6 Å². The van der Waals surface area contributed by atoms with Crippen molar-refractivity contribution in [2.45, 2.75) is 83.7 Å². The molecule has 2 unspecified atom stereocenters. The molecule has 2 aliphatic heterocycles. The highest BCUT2D eigenvalue weighted by atomic mass is 16.5. The predicted octanol–water partition coefficient (Wildman–Crippen LogP) is 3.60. The van der Waals surface area contributed by atoms with Crippen molar-refractivity contribution in [3.63, 3.8) is 0 Å². The molecule has 194 valence electrons. The van der Waals surface area contributed by atoms with Gasteiger partial charge in [-0.3, -0.25) is 0 Å². The van der Waals surface area contributed by atoms with E-state index in [0.717, 1.165) is 78.3 Å². The van der Waals surface area contributed by atoms with Crippen LogP contribution in [0.3, 0.4) is 0 Å². The van der Waals surface area contributed by atoms with Gasteiger partial charge in [-0.05, 0) is 69.6 Å². The summed E-state index contributed by atoms with van der Waals surface area (Å²) in [6, 6.07) is 1.31. The smallest absolute Gasteiger partial charge is 0.317 e. The molecule has 34 heavy (non-hydrogen) atoms. The number of hydrogen-bond acceptors (Lipinski definition) is 4. The van der Waals surface area contributed by atoms with E-state index in [0.29, 0.717) is 29.3 Å². The Morgan fingerprint density at radius 1 is 0.853 bits per heavy atom. The monoisotopic (exact) mass is 478 g/mol. The first kappa shape index (κ1) is 25.5. The normalized spacial score (nSPS) is 27.8. The summed E-state index contributed by atoms with van der Waals surface area (Å²) in [6.07, 6.45) is 10.2. The minimum Gasteiger partial charge on any atom is -0.381 e. The van der Waals surface area contributed by atoms with Crippen LogP contribution in [-0.2, 0) is 9.47 Å². The molecular weight excluding hydrogens is 432 g/mol. The Labute approximate surface area is 205 Å². The highest BCUT2D eigenvalue weighted by Gasteiger charge is 2.58. The lowest BCUT2D eigenvalue weighted by Crippen LogP contribution is -2.44. The maximum atomic E-state index is 12.1. The van der Waals surface area contributed by atoms with Gasteiger partial charge in [0, 0.05) is 56.9 Å². The molecule has 0 spiro atoms. The molecule has 5 rings (SSSR count). The van der Waals surface area contributed by atoms with Gasteiger partial charge >= 0.3 is 12.1 Å². The Morgan fingerprint density at radius 3 is 1.91 bits per heavy atom. The van der Waals surface area contributed by atoms with Gasteiger partial charge in [-0.15, -0.1) is 0 Å². The van der Waals surface area contributed by atoms with Gasteiger partial charge in [0.15, 0.2) is 0 Å². The number of fused-ring (bicyclic) bond motifs is 1. The van der Waals surface area contributed by atoms with Crippen molar-refractivity contribution in [2.24, 2.45) is 17.3 Å². The van der Waals surface area contributed by atoms with E-state index >= 15 is 0 Å². The van der Waals surface area contributed by atoms with E-state index in [1.54, 1.807) is 0 Å². The van der Waals surface area contributed by atoms with Gasteiger partial charge in [0.2, 0.25) is 0 Å². The number of urea groups is 2. The van der Waals surface area contributed by atoms with Gasteiger partial charge in [-0.2, -0.15) is 0 Å². The maximum Gasteiger partial charge on any atom is 0.317 e. The Hall–Kier alpha value is -1.54. The van der Waals surface area contributed by atoms with Crippen molar-refractivity contribution in [2.75, 3.05) is 52.6 Å². The van der Waals surface area contributed by atoms with Gasteiger partial charge in [0.25, 0.3) is 0 Å². The van der Waals surface area contributed by atoms with Gasteiger partial charge in [0.1, 0.15) is 0 Å². The molecule has 0 aromatic carbocycles. The van der Waals surface area contributed by atoms with Crippen molar-refractivity contribution in [3.05, 3.63) is 0 Å². The van der Waals surface area contributed by atoms with Crippen LogP contribution in [0.5, 0.6) is 0 Å². The molecule has 8 nitrogen and oxygen atoms in total. The van der Waals surface area contributed by atoms with E-state index in [9.17, 15) is 9.59 Å². The van der Waals surface area contributed by atoms with Crippen LogP contribution in [0.4, 0.5) is 9.59 Å². The Balaban J connectivity index is 0.000000161. The largest absolute Gasteiger partial charge is 0.381 e. The molecule has 2 saturated heterocycles.